The largest absolute Gasteiger partial charge is 0.504 e. The third kappa shape index (κ3) is 2.03. The summed E-state index contributed by atoms with van der Waals surface area (Å²) in [6.45, 7) is 0.513. The summed E-state index contributed by atoms with van der Waals surface area (Å²) < 4.78 is 18.1. The number of allylic oxidation sites excluding steroid dienone is 1. The molecule has 1 unspecified atom stereocenters. The van der Waals surface area contributed by atoms with Crippen molar-refractivity contribution >= 4 is 5.84 Å². The zero-order valence-electron chi connectivity index (χ0n) is 10.1. The molecule has 1 aromatic heterocycles. The summed E-state index contributed by atoms with van der Waals surface area (Å²) in [5.41, 5.74) is 0.810. The van der Waals surface area contributed by atoms with E-state index in [-0.39, 0.29) is 17.8 Å². The van der Waals surface area contributed by atoms with Crippen LogP contribution in [0.4, 0.5) is 4.39 Å². The smallest absolute Gasteiger partial charge is 0.316 e. The van der Waals surface area contributed by atoms with Gasteiger partial charge in [-0.3, -0.25) is 4.99 Å². The molecule has 1 aromatic rings. The Morgan fingerprint density at radius 2 is 2.16 bits per heavy atom. The van der Waals surface area contributed by atoms with Gasteiger partial charge in [-0.05, 0) is 0 Å². The highest BCUT2D eigenvalue weighted by Crippen LogP contribution is 2.29. The normalized spacial score (nSPS) is 21.5. The molecule has 0 radical (unpaired) electrons. The molecule has 2 aliphatic heterocycles. The fraction of sp³-hybridized carbons (Fsp3) is 0.250. The van der Waals surface area contributed by atoms with Gasteiger partial charge in [0, 0.05) is 24.0 Å². The fourth-order valence-corrected chi connectivity index (χ4v) is 1.97. The first-order valence-electron chi connectivity index (χ1n) is 5.66. The molecule has 6 nitrogen and oxygen atoms in total. The van der Waals surface area contributed by atoms with Crippen molar-refractivity contribution in [2.45, 2.75) is 6.04 Å². The van der Waals surface area contributed by atoms with Crippen LogP contribution in [0.2, 0.25) is 0 Å². The van der Waals surface area contributed by atoms with Gasteiger partial charge >= 0.3 is 6.01 Å². The quantitative estimate of drug-likeness (QED) is 0.874. The molecule has 3 rings (SSSR count). The number of aliphatic hydroxyl groups is 1. The van der Waals surface area contributed by atoms with Crippen LogP contribution in [-0.2, 0) is 0 Å². The second-order valence-electron chi connectivity index (χ2n) is 4.17. The number of aromatic nitrogens is 2. The molecule has 1 N–H and O–H groups in total. The number of hydrogen-bond acceptors (Lipinski definition) is 6. The van der Waals surface area contributed by atoms with Gasteiger partial charge < -0.3 is 14.7 Å². The Morgan fingerprint density at radius 1 is 1.42 bits per heavy atom. The summed E-state index contributed by atoms with van der Waals surface area (Å²) in [7, 11) is 1.49. The second kappa shape index (κ2) is 4.34. The van der Waals surface area contributed by atoms with Crippen molar-refractivity contribution in [1.29, 1.82) is 0 Å². The van der Waals surface area contributed by atoms with E-state index in [9.17, 15) is 9.50 Å². The molecule has 0 aromatic carbocycles. The minimum Gasteiger partial charge on any atom is -0.504 e. The average Bonchev–Trinajstić information content (AvgIpc) is 2.82. The van der Waals surface area contributed by atoms with Crippen LogP contribution in [0.1, 0.15) is 11.6 Å². The van der Waals surface area contributed by atoms with Crippen LogP contribution in [-0.4, -0.2) is 39.5 Å². The number of hydrogen-bond donors (Lipinski definition) is 1. The maximum absolute atomic E-state index is 13.2. The molecular formula is C12H11FN4O2. The zero-order chi connectivity index (χ0) is 13.4. The number of aliphatic hydroxyl groups excluding tert-OH is 1. The third-order valence-electron chi connectivity index (χ3n) is 2.95. The van der Waals surface area contributed by atoms with E-state index < -0.39 is 5.83 Å². The standard InChI is InChI=1S/C12H11FN4O2/c1-19-12-14-3-7(4-15-12)9-5-17-6-10(18)8(13)2-11(17)16-9/h2-4,6,9,18H,5H2,1H3. The van der Waals surface area contributed by atoms with Crippen LogP contribution < -0.4 is 4.74 Å². The lowest BCUT2D eigenvalue weighted by molar-refractivity contribution is 0.367. The predicted molar refractivity (Wildman–Crippen MR) is 65.4 cm³/mol. The number of ether oxygens (including phenoxy) is 1. The first kappa shape index (κ1) is 11.6. The molecule has 1 atom stereocenters. The highest BCUT2D eigenvalue weighted by atomic mass is 19.1. The summed E-state index contributed by atoms with van der Waals surface area (Å²) in [6, 6.07) is 0.0997. The van der Waals surface area contributed by atoms with Gasteiger partial charge in [-0.1, -0.05) is 0 Å². The zero-order valence-corrected chi connectivity index (χ0v) is 10.1. The Kier molecular flexibility index (Phi) is 2.66. The van der Waals surface area contributed by atoms with Gasteiger partial charge in [0.15, 0.2) is 11.6 Å². The lowest BCUT2D eigenvalue weighted by Gasteiger charge is -2.18. The molecule has 0 fully saturated rings. The van der Waals surface area contributed by atoms with E-state index in [0.717, 1.165) is 5.56 Å². The topological polar surface area (TPSA) is 70.8 Å². The van der Waals surface area contributed by atoms with Crippen LogP contribution in [0, 0.1) is 0 Å². The van der Waals surface area contributed by atoms with Crippen molar-refractivity contribution in [2.75, 3.05) is 13.7 Å². The predicted octanol–water partition coefficient (Wildman–Crippen LogP) is 1.51. The minimum atomic E-state index is -0.679. The van der Waals surface area contributed by atoms with Crippen molar-refractivity contribution in [3.8, 4) is 6.01 Å². The molecule has 0 saturated heterocycles. The summed E-state index contributed by atoms with van der Waals surface area (Å²) in [4.78, 5) is 14.1. The SMILES string of the molecule is COc1ncc(C2CN3C=C(O)C(F)=CC3=N2)cn1. The molecule has 7 heteroatoms. The Labute approximate surface area is 108 Å². The van der Waals surface area contributed by atoms with Crippen LogP contribution in [0.3, 0.4) is 0 Å². The molecule has 0 amide bonds. The Morgan fingerprint density at radius 3 is 2.84 bits per heavy atom. The second-order valence-corrected chi connectivity index (χ2v) is 4.17. The lowest BCUT2D eigenvalue weighted by atomic mass is 10.1. The third-order valence-corrected chi connectivity index (χ3v) is 2.95. The first-order valence-corrected chi connectivity index (χ1v) is 5.66. The monoisotopic (exact) mass is 262 g/mol. The van der Waals surface area contributed by atoms with Gasteiger partial charge in [-0.25, -0.2) is 14.4 Å². The molecule has 2 aliphatic rings. The molecular weight excluding hydrogens is 251 g/mol. The van der Waals surface area contributed by atoms with Gasteiger partial charge in [0.2, 0.25) is 0 Å². The van der Waals surface area contributed by atoms with Gasteiger partial charge in [-0.15, -0.1) is 0 Å². The van der Waals surface area contributed by atoms with E-state index in [1.807, 2.05) is 0 Å². The molecule has 0 spiro atoms. The molecule has 0 saturated carbocycles. The van der Waals surface area contributed by atoms with E-state index in [2.05, 4.69) is 15.0 Å². The van der Waals surface area contributed by atoms with Crippen LogP contribution in [0.25, 0.3) is 0 Å². The highest BCUT2D eigenvalue weighted by Gasteiger charge is 2.28. The number of fused-ring (bicyclic) bond motifs is 1. The van der Waals surface area contributed by atoms with E-state index in [1.165, 1.54) is 19.4 Å². The molecule has 3 heterocycles. The molecule has 19 heavy (non-hydrogen) atoms. The summed E-state index contributed by atoms with van der Waals surface area (Å²) in [5, 5.41) is 9.33. The number of halogens is 1. The maximum atomic E-state index is 13.2. The number of methoxy groups -OCH3 is 1. The van der Waals surface area contributed by atoms with Gasteiger partial charge in [0.05, 0.1) is 25.9 Å². The summed E-state index contributed by atoms with van der Waals surface area (Å²) in [5.74, 6) is -0.580. The lowest BCUT2D eigenvalue weighted by Crippen LogP contribution is -2.24. The Balaban J connectivity index is 1.86. The minimum absolute atomic E-state index is 0.188. The van der Waals surface area contributed by atoms with Crippen LogP contribution >= 0.6 is 0 Å². The van der Waals surface area contributed by atoms with Crippen molar-refractivity contribution in [3.63, 3.8) is 0 Å². The Hall–Kier alpha value is -2.44. The van der Waals surface area contributed by atoms with E-state index in [4.69, 9.17) is 4.74 Å². The number of aliphatic imine (C=N–C) groups is 1. The number of amidine groups is 1. The number of rotatable bonds is 2. The number of nitrogens with zero attached hydrogens (tertiary/aromatic N) is 4. The fourth-order valence-electron chi connectivity index (χ4n) is 1.97. The van der Waals surface area contributed by atoms with Crippen molar-refractivity contribution < 1.29 is 14.2 Å². The molecule has 98 valence electrons. The van der Waals surface area contributed by atoms with Crippen molar-refractivity contribution in [3.05, 3.63) is 41.8 Å². The molecule has 0 bridgehead atoms. The van der Waals surface area contributed by atoms with Crippen molar-refractivity contribution in [2.24, 2.45) is 4.99 Å². The summed E-state index contributed by atoms with van der Waals surface area (Å²) >= 11 is 0. The van der Waals surface area contributed by atoms with E-state index in [0.29, 0.717) is 12.4 Å². The Bertz CT molecular complexity index is 594. The average molecular weight is 262 g/mol. The van der Waals surface area contributed by atoms with Gasteiger partial charge in [0.25, 0.3) is 0 Å². The van der Waals surface area contributed by atoms with Gasteiger partial charge in [-0.2, -0.15) is 0 Å². The van der Waals surface area contributed by atoms with E-state index >= 15 is 0 Å². The van der Waals surface area contributed by atoms with Crippen LogP contribution in [0.15, 0.2) is 41.2 Å². The van der Waals surface area contributed by atoms with Crippen molar-refractivity contribution in [1.82, 2.24) is 14.9 Å². The maximum Gasteiger partial charge on any atom is 0.316 e. The van der Waals surface area contributed by atoms with Crippen LogP contribution in [0.5, 0.6) is 6.01 Å². The van der Waals surface area contributed by atoms with E-state index in [1.54, 1.807) is 17.3 Å². The molecule has 0 aliphatic carbocycles. The first-order chi connectivity index (χ1) is 9.17. The summed E-state index contributed by atoms with van der Waals surface area (Å²) in [6.07, 6.45) is 5.80. The van der Waals surface area contributed by atoms with Gasteiger partial charge in [0.1, 0.15) is 5.84 Å². The highest BCUT2D eigenvalue weighted by molar-refractivity contribution is 5.97.